The van der Waals surface area contributed by atoms with Crippen molar-refractivity contribution in [3.63, 3.8) is 0 Å². The summed E-state index contributed by atoms with van der Waals surface area (Å²) in [5.41, 5.74) is 2.27. The van der Waals surface area contributed by atoms with Gasteiger partial charge in [-0.1, -0.05) is 19.1 Å². The summed E-state index contributed by atoms with van der Waals surface area (Å²) in [5.74, 6) is 2.66. The van der Waals surface area contributed by atoms with Crippen molar-refractivity contribution in [2.75, 3.05) is 20.7 Å². The molecule has 1 aromatic carbocycles. The van der Waals surface area contributed by atoms with Crippen LogP contribution in [0.15, 0.2) is 29.5 Å². The predicted molar refractivity (Wildman–Crippen MR) is 111 cm³/mol. The number of hydrogen-bond acceptors (Lipinski definition) is 4. The molecule has 0 bridgehead atoms. The fraction of sp³-hybridized carbons (Fsp3) is 0.471. The number of ether oxygens (including phenoxy) is 1. The molecule has 2 aromatic rings. The third kappa shape index (κ3) is 6.18. The van der Waals surface area contributed by atoms with Gasteiger partial charge in [0.1, 0.15) is 17.9 Å². The minimum atomic E-state index is 0. The minimum absolute atomic E-state index is 0. The average Bonchev–Trinajstić information content (AvgIpc) is 3.06. The number of guanidine groups is 1. The van der Waals surface area contributed by atoms with Gasteiger partial charge in [-0.3, -0.25) is 4.99 Å². The topological polar surface area (TPSA) is 76.4 Å². The van der Waals surface area contributed by atoms with E-state index >= 15 is 0 Å². The standard InChI is InChI=1S/C17H26N6O.HI/c1-5-16-22-21-12-23(16)9-8-19-17(18-3)20-11-14-7-6-13(2)15(10-14)24-4;/h6-7,10,12H,5,8-9,11H2,1-4H3,(H2,18,19,20);1H. The van der Waals surface area contributed by atoms with E-state index < -0.39 is 0 Å². The molecule has 8 heteroatoms. The van der Waals surface area contributed by atoms with Crippen molar-refractivity contribution in [1.29, 1.82) is 0 Å². The summed E-state index contributed by atoms with van der Waals surface area (Å²) in [6.45, 7) is 6.34. The molecule has 25 heavy (non-hydrogen) atoms. The lowest BCUT2D eigenvalue weighted by atomic mass is 10.1. The minimum Gasteiger partial charge on any atom is -0.496 e. The summed E-state index contributed by atoms with van der Waals surface area (Å²) in [6, 6.07) is 6.19. The quantitative estimate of drug-likeness (QED) is 0.378. The Bertz CT molecular complexity index is 686. The maximum Gasteiger partial charge on any atom is 0.191 e. The molecule has 0 saturated carbocycles. The summed E-state index contributed by atoms with van der Waals surface area (Å²) < 4.78 is 7.41. The van der Waals surface area contributed by atoms with Crippen LogP contribution in [-0.4, -0.2) is 41.4 Å². The predicted octanol–water partition coefficient (Wildman–Crippen LogP) is 2.14. The molecule has 0 radical (unpaired) electrons. The molecular formula is C17H27IN6O. The van der Waals surface area contributed by atoms with Crippen molar-refractivity contribution in [2.24, 2.45) is 4.99 Å². The van der Waals surface area contributed by atoms with Crippen LogP contribution in [0.2, 0.25) is 0 Å². The first kappa shape index (κ1) is 21.2. The molecule has 2 N–H and O–H groups in total. The van der Waals surface area contributed by atoms with Crippen LogP contribution in [0.5, 0.6) is 5.75 Å². The lowest BCUT2D eigenvalue weighted by molar-refractivity contribution is 0.411. The molecule has 0 fully saturated rings. The van der Waals surface area contributed by atoms with Crippen molar-refractivity contribution < 1.29 is 4.74 Å². The van der Waals surface area contributed by atoms with Gasteiger partial charge in [0.25, 0.3) is 0 Å². The largest absolute Gasteiger partial charge is 0.496 e. The Morgan fingerprint density at radius 1 is 1.32 bits per heavy atom. The Hall–Kier alpha value is -1.84. The zero-order valence-electron chi connectivity index (χ0n) is 15.2. The number of nitrogens with one attached hydrogen (secondary N) is 2. The molecule has 1 heterocycles. The smallest absolute Gasteiger partial charge is 0.191 e. The summed E-state index contributed by atoms with van der Waals surface area (Å²) in [7, 11) is 3.46. The van der Waals surface area contributed by atoms with Crippen molar-refractivity contribution in [3.05, 3.63) is 41.5 Å². The van der Waals surface area contributed by atoms with E-state index in [9.17, 15) is 0 Å². The van der Waals surface area contributed by atoms with Gasteiger partial charge in [0.05, 0.1) is 7.11 Å². The van der Waals surface area contributed by atoms with Crippen molar-refractivity contribution >= 4 is 29.9 Å². The first-order valence-electron chi connectivity index (χ1n) is 8.12. The van der Waals surface area contributed by atoms with Gasteiger partial charge in [0, 0.05) is 33.1 Å². The van der Waals surface area contributed by atoms with Crippen molar-refractivity contribution in [3.8, 4) is 5.75 Å². The first-order valence-corrected chi connectivity index (χ1v) is 8.12. The van der Waals surface area contributed by atoms with E-state index in [0.717, 1.165) is 48.2 Å². The zero-order valence-corrected chi connectivity index (χ0v) is 17.6. The van der Waals surface area contributed by atoms with Gasteiger partial charge in [-0.2, -0.15) is 0 Å². The van der Waals surface area contributed by atoms with Gasteiger partial charge in [-0.25, -0.2) is 0 Å². The Balaban J connectivity index is 0.00000312. The third-order valence-electron chi connectivity index (χ3n) is 3.81. The first-order chi connectivity index (χ1) is 11.7. The molecule has 0 aliphatic heterocycles. The average molecular weight is 458 g/mol. The second-order valence-corrected chi connectivity index (χ2v) is 5.45. The Morgan fingerprint density at radius 2 is 2.12 bits per heavy atom. The summed E-state index contributed by atoms with van der Waals surface area (Å²) >= 11 is 0. The van der Waals surface area contributed by atoms with Gasteiger partial charge >= 0.3 is 0 Å². The SMILES string of the molecule is CCc1nncn1CCNC(=NC)NCc1ccc(C)c(OC)c1.I. The highest BCUT2D eigenvalue weighted by Crippen LogP contribution is 2.18. The maximum absolute atomic E-state index is 5.36. The van der Waals surface area contributed by atoms with Gasteiger partial charge in [-0.15, -0.1) is 34.2 Å². The number of methoxy groups -OCH3 is 1. The fourth-order valence-electron chi connectivity index (χ4n) is 2.42. The maximum atomic E-state index is 5.36. The van der Waals surface area contributed by atoms with Crippen LogP contribution in [0, 0.1) is 6.92 Å². The van der Waals surface area contributed by atoms with Crippen LogP contribution in [0.1, 0.15) is 23.9 Å². The molecular weight excluding hydrogens is 431 g/mol. The van der Waals surface area contributed by atoms with E-state index in [1.807, 2.05) is 17.6 Å². The molecule has 0 unspecified atom stereocenters. The molecule has 7 nitrogen and oxygen atoms in total. The van der Waals surface area contributed by atoms with Gasteiger partial charge < -0.3 is 19.9 Å². The normalized spacial score (nSPS) is 11.0. The van der Waals surface area contributed by atoms with Crippen LogP contribution in [0.4, 0.5) is 0 Å². The Morgan fingerprint density at radius 3 is 2.80 bits per heavy atom. The Labute approximate surface area is 166 Å². The van der Waals surface area contributed by atoms with Crippen molar-refractivity contribution in [2.45, 2.75) is 33.4 Å². The number of aromatic nitrogens is 3. The summed E-state index contributed by atoms with van der Waals surface area (Å²) in [5, 5.41) is 14.6. The van der Waals surface area contributed by atoms with Crippen LogP contribution >= 0.6 is 24.0 Å². The molecule has 138 valence electrons. The monoisotopic (exact) mass is 458 g/mol. The molecule has 0 spiro atoms. The van der Waals surface area contributed by atoms with E-state index in [4.69, 9.17) is 4.74 Å². The number of benzene rings is 1. The number of rotatable bonds is 7. The highest BCUT2D eigenvalue weighted by Gasteiger charge is 2.04. The highest BCUT2D eigenvalue weighted by molar-refractivity contribution is 14.0. The van der Waals surface area contributed by atoms with E-state index in [1.165, 1.54) is 0 Å². The highest BCUT2D eigenvalue weighted by atomic mass is 127. The molecule has 0 aliphatic carbocycles. The van der Waals surface area contributed by atoms with E-state index in [1.54, 1.807) is 20.5 Å². The van der Waals surface area contributed by atoms with Crippen molar-refractivity contribution in [1.82, 2.24) is 25.4 Å². The van der Waals surface area contributed by atoms with Crippen LogP contribution < -0.4 is 15.4 Å². The molecule has 0 atom stereocenters. The second kappa shape index (κ2) is 10.9. The zero-order chi connectivity index (χ0) is 17.4. The molecule has 1 aromatic heterocycles. The number of hydrogen-bond donors (Lipinski definition) is 2. The Kier molecular flexibility index (Phi) is 9.25. The van der Waals surface area contributed by atoms with E-state index in [2.05, 4.69) is 44.9 Å². The lowest BCUT2D eigenvalue weighted by Crippen LogP contribution is -2.38. The number of aryl methyl sites for hydroxylation is 2. The second-order valence-electron chi connectivity index (χ2n) is 5.45. The van der Waals surface area contributed by atoms with Crippen LogP contribution in [0.3, 0.4) is 0 Å². The van der Waals surface area contributed by atoms with Crippen LogP contribution in [0.25, 0.3) is 0 Å². The third-order valence-corrected chi connectivity index (χ3v) is 3.81. The molecule has 0 saturated heterocycles. The number of aliphatic imine (C=N–C) groups is 1. The number of halogens is 1. The molecule has 2 rings (SSSR count). The van der Waals surface area contributed by atoms with Crippen LogP contribution in [-0.2, 0) is 19.5 Å². The van der Waals surface area contributed by atoms with Gasteiger partial charge in [0.2, 0.25) is 0 Å². The number of nitrogens with zero attached hydrogens (tertiary/aromatic N) is 4. The van der Waals surface area contributed by atoms with E-state index in [0.29, 0.717) is 6.54 Å². The molecule has 0 amide bonds. The fourth-order valence-corrected chi connectivity index (χ4v) is 2.42. The molecule has 0 aliphatic rings. The summed E-state index contributed by atoms with van der Waals surface area (Å²) in [6.07, 6.45) is 2.64. The van der Waals surface area contributed by atoms with E-state index in [-0.39, 0.29) is 24.0 Å². The summed E-state index contributed by atoms with van der Waals surface area (Å²) in [4.78, 5) is 4.25. The van der Waals surface area contributed by atoms with Gasteiger partial charge in [0.15, 0.2) is 5.96 Å². The van der Waals surface area contributed by atoms with Gasteiger partial charge in [-0.05, 0) is 24.1 Å². The lowest BCUT2D eigenvalue weighted by Gasteiger charge is -2.13.